The number of hydrogen-bond donors (Lipinski definition) is 2. The summed E-state index contributed by atoms with van der Waals surface area (Å²) in [6.07, 6.45) is -0.232. The molecule has 1 amide bonds. The molecule has 120 valence electrons. The monoisotopic (exact) mass is 315 g/mol. The number of benzene rings is 1. The van der Waals surface area contributed by atoms with Gasteiger partial charge in [-0.2, -0.15) is 5.10 Å². The second kappa shape index (κ2) is 6.87. The van der Waals surface area contributed by atoms with Gasteiger partial charge in [0, 0.05) is 17.8 Å². The first kappa shape index (κ1) is 16.4. The van der Waals surface area contributed by atoms with E-state index in [0.29, 0.717) is 5.69 Å². The Bertz CT molecular complexity index is 784. The average Bonchev–Trinajstić information content (AvgIpc) is 2.47. The number of carboxylic acid groups (broad SMARTS) is 1. The topological polar surface area (TPSA) is 101 Å². The number of hydrogen-bond acceptors (Lipinski definition) is 4. The maximum Gasteiger partial charge on any atom is 0.305 e. The first-order chi connectivity index (χ1) is 10.9. The molecule has 23 heavy (non-hydrogen) atoms. The molecule has 0 aliphatic carbocycles. The first-order valence-corrected chi connectivity index (χ1v) is 7.07. The summed E-state index contributed by atoms with van der Waals surface area (Å²) in [7, 11) is 0. The molecule has 1 unspecified atom stereocenters. The van der Waals surface area contributed by atoms with Crippen molar-refractivity contribution in [1.82, 2.24) is 15.1 Å². The number of carboxylic acids is 1. The highest BCUT2D eigenvalue weighted by Gasteiger charge is 2.18. The van der Waals surface area contributed by atoms with Crippen molar-refractivity contribution in [2.75, 3.05) is 0 Å². The Balaban J connectivity index is 2.34. The van der Waals surface area contributed by atoms with Crippen LogP contribution in [0.2, 0.25) is 0 Å². The second-order valence-electron chi connectivity index (χ2n) is 5.22. The van der Waals surface area contributed by atoms with Gasteiger partial charge in [-0.25, -0.2) is 4.68 Å². The van der Waals surface area contributed by atoms with Gasteiger partial charge in [-0.15, -0.1) is 0 Å². The molecule has 0 bridgehead atoms. The molecule has 0 radical (unpaired) electrons. The molecule has 0 fully saturated rings. The second-order valence-corrected chi connectivity index (χ2v) is 5.22. The van der Waals surface area contributed by atoms with Gasteiger partial charge in [0.25, 0.3) is 5.91 Å². The Morgan fingerprint density at radius 3 is 2.57 bits per heavy atom. The highest BCUT2D eigenvalue weighted by Crippen LogP contribution is 2.08. The lowest BCUT2D eigenvalue weighted by molar-refractivity contribution is -0.137. The average molecular weight is 315 g/mol. The molecule has 1 atom stereocenters. The van der Waals surface area contributed by atoms with Gasteiger partial charge in [0.05, 0.1) is 12.1 Å². The van der Waals surface area contributed by atoms with Crippen molar-refractivity contribution < 1.29 is 14.7 Å². The predicted molar refractivity (Wildman–Crippen MR) is 83.8 cm³/mol. The minimum absolute atomic E-state index is 0.232. The molecule has 0 saturated carbocycles. The lowest BCUT2D eigenvalue weighted by Crippen LogP contribution is -2.38. The van der Waals surface area contributed by atoms with E-state index >= 15 is 0 Å². The summed E-state index contributed by atoms with van der Waals surface area (Å²) in [6.45, 7) is 3.27. The van der Waals surface area contributed by atoms with E-state index in [0.717, 1.165) is 5.69 Å². The summed E-state index contributed by atoms with van der Waals surface area (Å²) in [5.74, 6) is -1.72. The number of carbonyl (C=O) groups is 2. The normalized spacial score (nSPS) is 11.7. The molecule has 0 spiro atoms. The van der Waals surface area contributed by atoms with Crippen molar-refractivity contribution in [2.24, 2.45) is 0 Å². The molecule has 2 aromatic rings. The van der Waals surface area contributed by atoms with Gasteiger partial charge >= 0.3 is 5.97 Å². The number of amides is 1. The number of rotatable bonds is 5. The third-order valence-electron chi connectivity index (χ3n) is 3.18. The van der Waals surface area contributed by atoms with Gasteiger partial charge in [-0.05, 0) is 26.0 Å². The smallest absolute Gasteiger partial charge is 0.305 e. The van der Waals surface area contributed by atoms with Crippen LogP contribution in [-0.4, -0.2) is 32.8 Å². The van der Waals surface area contributed by atoms with Crippen molar-refractivity contribution in [2.45, 2.75) is 26.3 Å². The largest absolute Gasteiger partial charge is 0.481 e. The minimum Gasteiger partial charge on any atom is -0.481 e. The highest BCUT2D eigenvalue weighted by molar-refractivity contribution is 5.92. The van der Waals surface area contributed by atoms with Crippen LogP contribution in [0.1, 0.15) is 29.5 Å². The summed E-state index contributed by atoms with van der Waals surface area (Å²) >= 11 is 0. The Hall–Kier alpha value is -2.96. The molecule has 2 N–H and O–H groups in total. The Labute approximate surface area is 132 Å². The van der Waals surface area contributed by atoms with Crippen LogP contribution in [0, 0.1) is 6.92 Å². The van der Waals surface area contributed by atoms with Gasteiger partial charge in [0.15, 0.2) is 5.69 Å². The van der Waals surface area contributed by atoms with Crippen LogP contribution in [0.3, 0.4) is 0 Å². The number of aryl methyl sites for hydroxylation is 1. The molecule has 0 saturated heterocycles. The van der Waals surface area contributed by atoms with E-state index in [1.807, 2.05) is 18.2 Å². The zero-order valence-electron chi connectivity index (χ0n) is 12.8. The fourth-order valence-electron chi connectivity index (χ4n) is 2.14. The van der Waals surface area contributed by atoms with E-state index in [2.05, 4.69) is 10.4 Å². The van der Waals surface area contributed by atoms with E-state index in [-0.39, 0.29) is 12.1 Å². The third kappa shape index (κ3) is 4.03. The van der Waals surface area contributed by atoms with Crippen LogP contribution in [-0.2, 0) is 4.79 Å². The van der Waals surface area contributed by atoms with Crippen molar-refractivity contribution in [3.05, 3.63) is 58.0 Å². The molecular formula is C16H17N3O4. The SMILES string of the molecule is Cc1cc(=O)c(C(=O)NC(C)CC(=O)O)nn1-c1ccccc1. The molecule has 0 aliphatic rings. The zero-order valence-corrected chi connectivity index (χ0v) is 12.8. The van der Waals surface area contributed by atoms with E-state index < -0.39 is 23.3 Å². The Morgan fingerprint density at radius 1 is 1.30 bits per heavy atom. The molecule has 0 aliphatic heterocycles. The molecular weight excluding hydrogens is 298 g/mol. The Morgan fingerprint density at radius 2 is 1.96 bits per heavy atom. The summed E-state index contributed by atoms with van der Waals surface area (Å²) in [5, 5.41) is 15.3. The molecule has 1 aromatic carbocycles. The fourth-order valence-corrected chi connectivity index (χ4v) is 2.14. The van der Waals surface area contributed by atoms with Gasteiger partial charge in [0.2, 0.25) is 5.43 Å². The van der Waals surface area contributed by atoms with Gasteiger partial charge in [-0.1, -0.05) is 18.2 Å². The standard InChI is InChI=1S/C16H17N3O4/c1-10(8-14(21)22)17-16(23)15-13(20)9-11(2)19(18-15)12-6-4-3-5-7-12/h3-7,9-10H,8H2,1-2H3,(H,17,23)(H,21,22). The number of aromatic nitrogens is 2. The lowest BCUT2D eigenvalue weighted by Gasteiger charge is -2.13. The van der Waals surface area contributed by atoms with E-state index in [4.69, 9.17) is 5.11 Å². The Kier molecular flexibility index (Phi) is 4.90. The maximum atomic E-state index is 12.2. The first-order valence-electron chi connectivity index (χ1n) is 7.07. The van der Waals surface area contributed by atoms with Crippen molar-refractivity contribution in [1.29, 1.82) is 0 Å². The van der Waals surface area contributed by atoms with E-state index in [1.54, 1.807) is 26.0 Å². The zero-order chi connectivity index (χ0) is 17.0. The molecule has 1 aromatic heterocycles. The lowest BCUT2D eigenvalue weighted by atomic mass is 10.2. The summed E-state index contributed by atoms with van der Waals surface area (Å²) < 4.78 is 1.50. The molecule has 7 nitrogen and oxygen atoms in total. The predicted octanol–water partition coefficient (Wildman–Crippen LogP) is 1.13. The highest BCUT2D eigenvalue weighted by atomic mass is 16.4. The fraction of sp³-hybridized carbons (Fsp3) is 0.250. The number of nitrogens with zero attached hydrogens (tertiary/aromatic N) is 2. The van der Waals surface area contributed by atoms with Crippen LogP contribution in [0.5, 0.6) is 0 Å². The van der Waals surface area contributed by atoms with Crippen LogP contribution in [0.15, 0.2) is 41.2 Å². The molecule has 1 heterocycles. The summed E-state index contributed by atoms with van der Waals surface area (Å²) in [5.41, 5.74) is 0.542. The summed E-state index contributed by atoms with van der Waals surface area (Å²) in [4.78, 5) is 34.8. The number of nitrogens with one attached hydrogen (secondary N) is 1. The van der Waals surface area contributed by atoms with E-state index in [9.17, 15) is 14.4 Å². The summed E-state index contributed by atoms with van der Waals surface area (Å²) in [6, 6.07) is 9.83. The van der Waals surface area contributed by atoms with Gasteiger partial charge in [0.1, 0.15) is 0 Å². The van der Waals surface area contributed by atoms with Crippen molar-refractivity contribution >= 4 is 11.9 Å². The number of para-hydroxylation sites is 1. The number of carbonyl (C=O) groups excluding carboxylic acids is 1. The van der Waals surface area contributed by atoms with Crippen LogP contribution < -0.4 is 10.7 Å². The van der Waals surface area contributed by atoms with Crippen molar-refractivity contribution in [3.63, 3.8) is 0 Å². The molecule has 2 rings (SSSR count). The van der Waals surface area contributed by atoms with Crippen LogP contribution in [0.25, 0.3) is 5.69 Å². The van der Waals surface area contributed by atoms with Gasteiger partial charge in [-0.3, -0.25) is 14.4 Å². The van der Waals surface area contributed by atoms with Gasteiger partial charge < -0.3 is 10.4 Å². The minimum atomic E-state index is -1.03. The van der Waals surface area contributed by atoms with Crippen molar-refractivity contribution in [3.8, 4) is 5.69 Å². The number of aliphatic carboxylic acids is 1. The maximum absolute atomic E-state index is 12.2. The molecule has 7 heteroatoms. The quantitative estimate of drug-likeness (QED) is 0.861. The van der Waals surface area contributed by atoms with Crippen LogP contribution in [0.4, 0.5) is 0 Å². The van der Waals surface area contributed by atoms with E-state index in [1.165, 1.54) is 10.7 Å². The van der Waals surface area contributed by atoms with Crippen LogP contribution >= 0.6 is 0 Å². The third-order valence-corrected chi connectivity index (χ3v) is 3.18.